The minimum atomic E-state index is -1.08. The number of esters is 1. The number of amides is 3. The molecule has 31 heavy (non-hydrogen) atoms. The zero-order valence-corrected chi connectivity index (χ0v) is 18.5. The van der Waals surface area contributed by atoms with E-state index in [0.717, 1.165) is 11.3 Å². The van der Waals surface area contributed by atoms with Crippen molar-refractivity contribution in [2.24, 2.45) is 29.6 Å². The van der Waals surface area contributed by atoms with Gasteiger partial charge in [0.05, 0.1) is 27.6 Å². The molecule has 0 spiro atoms. The third kappa shape index (κ3) is 3.74. The molecule has 0 radical (unpaired) electrons. The summed E-state index contributed by atoms with van der Waals surface area (Å²) in [6.45, 7) is 2.89. The van der Waals surface area contributed by atoms with E-state index in [1.165, 1.54) is 0 Å². The van der Waals surface area contributed by atoms with Gasteiger partial charge in [0.2, 0.25) is 11.8 Å². The van der Waals surface area contributed by atoms with Crippen LogP contribution in [0.5, 0.6) is 0 Å². The summed E-state index contributed by atoms with van der Waals surface area (Å²) in [4.78, 5) is 52.2. The Morgan fingerprint density at radius 2 is 1.74 bits per heavy atom. The molecule has 1 heterocycles. The molecule has 1 N–H and O–H groups in total. The second-order valence-electron chi connectivity index (χ2n) is 8.49. The Balaban J connectivity index is 1.43. The van der Waals surface area contributed by atoms with Crippen molar-refractivity contribution >= 4 is 52.6 Å². The van der Waals surface area contributed by atoms with Gasteiger partial charge >= 0.3 is 5.97 Å². The summed E-state index contributed by atoms with van der Waals surface area (Å²) in [7, 11) is 0. The molecule has 3 amide bonds. The number of anilines is 1. The van der Waals surface area contributed by atoms with E-state index in [2.05, 4.69) is 5.32 Å². The third-order valence-corrected chi connectivity index (χ3v) is 7.05. The van der Waals surface area contributed by atoms with Crippen LogP contribution >= 0.6 is 23.2 Å². The van der Waals surface area contributed by atoms with Crippen LogP contribution in [0.3, 0.4) is 0 Å². The van der Waals surface area contributed by atoms with Gasteiger partial charge in [0.25, 0.3) is 5.91 Å². The summed E-state index contributed by atoms with van der Waals surface area (Å²) in [5, 5.41) is 2.97. The first-order valence-electron chi connectivity index (χ1n) is 10.2. The number of likely N-dealkylation sites (tertiary alicyclic amines) is 1. The standard InChI is InChI=1S/C22H22Cl2N2O5/c1-10(2)19(26-20(28)16-11-6-7-12(8-11)17(16)21(26)29)22(30)31-9-15(27)25-14-5-3-4-13(23)18(14)24/h3-7,10-12,16-17,19H,8-9H2,1-2H3,(H,25,27)/t11-,12-,16+,17+,19+/m0/s1. The van der Waals surface area contributed by atoms with E-state index < -0.39 is 36.4 Å². The molecular weight excluding hydrogens is 443 g/mol. The van der Waals surface area contributed by atoms with Crippen LogP contribution in [0.15, 0.2) is 30.4 Å². The first-order valence-corrected chi connectivity index (χ1v) is 10.9. The Bertz CT molecular complexity index is 962. The highest BCUT2D eigenvalue weighted by Crippen LogP contribution is 2.53. The fraction of sp³-hybridized carbons (Fsp3) is 0.455. The van der Waals surface area contributed by atoms with Crippen molar-refractivity contribution in [2.45, 2.75) is 26.3 Å². The number of halogens is 2. The van der Waals surface area contributed by atoms with E-state index in [1.54, 1.807) is 32.0 Å². The molecule has 2 aliphatic carbocycles. The van der Waals surface area contributed by atoms with E-state index in [1.807, 2.05) is 12.2 Å². The van der Waals surface area contributed by atoms with Crippen molar-refractivity contribution < 1.29 is 23.9 Å². The molecule has 1 aliphatic heterocycles. The van der Waals surface area contributed by atoms with Gasteiger partial charge in [-0.3, -0.25) is 19.3 Å². The molecule has 1 saturated heterocycles. The van der Waals surface area contributed by atoms with Crippen LogP contribution in [0.1, 0.15) is 20.3 Å². The quantitative estimate of drug-likeness (QED) is 0.396. The molecule has 1 aromatic rings. The fourth-order valence-corrected chi connectivity index (χ4v) is 5.23. The minimum Gasteiger partial charge on any atom is -0.454 e. The molecule has 1 saturated carbocycles. The summed E-state index contributed by atoms with van der Waals surface area (Å²) in [5.41, 5.74) is 0.288. The van der Waals surface area contributed by atoms with Crippen LogP contribution in [0, 0.1) is 29.6 Å². The number of carbonyl (C=O) groups is 4. The maximum Gasteiger partial charge on any atom is 0.330 e. The molecule has 164 valence electrons. The number of nitrogens with one attached hydrogen (secondary N) is 1. The number of ether oxygens (including phenoxy) is 1. The average molecular weight is 465 g/mol. The molecule has 0 unspecified atom stereocenters. The molecule has 4 rings (SSSR count). The number of benzene rings is 1. The SMILES string of the molecule is CC(C)[C@H](C(=O)OCC(=O)Nc1cccc(Cl)c1Cl)N1C(=O)[C@H]2[C@H](C1=O)[C@H]1C=C[C@H]2C1. The zero-order valence-electron chi connectivity index (χ0n) is 17.0. The normalized spacial score (nSPS) is 27.1. The Labute approximate surface area is 189 Å². The van der Waals surface area contributed by atoms with Crippen molar-refractivity contribution in [1.29, 1.82) is 0 Å². The predicted molar refractivity (Wildman–Crippen MR) is 114 cm³/mol. The lowest BCUT2D eigenvalue weighted by molar-refractivity contribution is -0.162. The van der Waals surface area contributed by atoms with Crippen molar-refractivity contribution in [3.8, 4) is 0 Å². The average Bonchev–Trinajstić information content (AvgIpc) is 3.40. The van der Waals surface area contributed by atoms with Gasteiger partial charge in [-0.2, -0.15) is 0 Å². The lowest BCUT2D eigenvalue weighted by atomic mass is 9.85. The van der Waals surface area contributed by atoms with Gasteiger partial charge in [-0.15, -0.1) is 0 Å². The summed E-state index contributed by atoms with van der Waals surface area (Å²) in [6.07, 6.45) is 4.80. The zero-order chi connectivity index (χ0) is 22.4. The number of fused-ring (bicyclic) bond motifs is 5. The number of rotatable bonds is 6. The van der Waals surface area contributed by atoms with Gasteiger partial charge in [0.1, 0.15) is 6.04 Å². The second kappa shape index (κ2) is 8.28. The highest BCUT2D eigenvalue weighted by atomic mass is 35.5. The summed E-state index contributed by atoms with van der Waals surface area (Å²) in [5.74, 6) is -3.11. The summed E-state index contributed by atoms with van der Waals surface area (Å²) >= 11 is 12.0. The van der Waals surface area contributed by atoms with Crippen molar-refractivity contribution in [2.75, 3.05) is 11.9 Å². The third-order valence-electron chi connectivity index (χ3n) is 6.23. The first-order chi connectivity index (χ1) is 14.7. The molecule has 7 nitrogen and oxygen atoms in total. The van der Waals surface area contributed by atoms with Gasteiger partial charge in [-0.05, 0) is 36.3 Å². The Morgan fingerprint density at radius 1 is 1.13 bits per heavy atom. The molecule has 2 bridgehead atoms. The smallest absolute Gasteiger partial charge is 0.330 e. The summed E-state index contributed by atoms with van der Waals surface area (Å²) in [6, 6.07) is 3.68. The number of hydrogen-bond acceptors (Lipinski definition) is 5. The van der Waals surface area contributed by atoms with E-state index >= 15 is 0 Å². The Hall–Kier alpha value is -2.38. The number of hydrogen-bond donors (Lipinski definition) is 1. The van der Waals surface area contributed by atoms with Gasteiger partial charge < -0.3 is 10.1 Å². The Kier molecular flexibility index (Phi) is 5.83. The van der Waals surface area contributed by atoms with Crippen molar-refractivity contribution in [1.82, 2.24) is 4.90 Å². The van der Waals surface area contributed by atoms with Gasteiger partial charge in [-0.1, -0.05) is 55.3 Å². The van der Waals surface area contributed by atoms with Gasteiger partial charge in [-0.25, -0.2) is 4.79 Å². The predicted octanol–water partition coefficient (Wildman–Crippen LogP) is 3.31. The van der Waals surface area contributed by atoms with Crippen LogP contribution in [-0.2, 0) is 23.9 Å². The highest BCUT2D eigenvalue weighted by molar-refractivity contribution is 6.44. The number of allylic oxidation sites excluding steroid dienone is 2. The van der Waals surface area contributed by atoms with Crippen LogP contribution in [0.4, 0.5) is 5.69 Å². The number of carbonyl (C=O) groups excluding carboxylic acids is 4. The molecule has 5 atom stereocenters. The van der Waals surface area contributed by atoms with E-state index in [-0.39, 0.29) is 45.3 Å². The monoisotopic (exact) mass is 464 g/mol. The van der Waals surface area contributed by atoms with Gasteiger partial charge in [0, 0.05) is 0 Å². The topological polar surface area (TPSA) is 92.8 Å². The van der Waals surface area contributed by atoms with Crippen LogP contribution in [0.25, 0.3) is 0 Å². The molecular formula is C22H22Cl2N2O5. The molecule has 9 heteroatoms. The van der Waals surface area contributed by atoms with E-state index in [9.17, 15) is 19.2 Å². The maximum absolute atomic E-state index is 13.0. The van der Waals surface area contributed by atoms with E-state index in [4.69, 9.17) is 27.9 Å². The highest BCUT2D eigenvalue weighted by Gasteiger charge is 2.61. The maximum atomic E-state index is 13.0. The first kappa shape index (κ1) is 21.8. The number of imide groups is 1. The van der Waals surface area contributed by atoms with Gasteiger partial charge in [0.15, 0.2) is 6.61 Å². The largest absolute Gasteiger partial charge is 0.454 e. The fourth-order valence-electron chi connectivity index (χ4n) is 4.88. The van der Waals surface area contributed by atoms with Crippen LogP contribution in [0.2, 0.25) is 10.0 Å². The Morgan fingerprint density at radius 3 is 2.32 bits per heavy atom. The number of nitrogens with zero attached hydrogens (tertiary/aromatic N) is 1. The van der Waals surface area contributed by atoms with E-state index in [0.29, 0.717) is 0 Å². The second-order valence-corrected chi connectivity index (χ2v) is 9.28. The molecule has 1 aromatic carbocycles. The lowest BCUT2D eigenvalue weighted by Crippen LogP contribution is -2.50. The molecule has 0 aromatic heterocycles. The van der Waals surface area contributed by atoms with Crippen LogP contribution < -0.4 is 5.32 Å². The minimum absolute atomic E-state index is 0.0495. The van der Waals surface area contributed by atoms with Crippen molar-refractivity contribution in [3.05, 3.63) is 40.4 Å². The molecule has 2 fully saturated rings. The molecule has 3 aliphatic rings. The van der Waals surface area contributed by atoms with Crippen molar-refractivity contribution in [3.63, 3.8) is 0 Å². The van der Waals surface area contributed by atoms with Crippen LogP contribution in [-0.4, -0.2) is 41.2 Å². The summed E-state index contributed by atoms with van der Waals surface area (Å²) < 4.78 is 5.18. The lowest BCUT2D eigenvalue weighted by Gasteiger charge is -2.28.